The highest BCUT2D eigenvalue weighted by atomic mass is 32.1. The lowest BCUT2D eigenvalue weighted by atomic mass is 10.0. The molecule has 0 atom stereocenters. The van der Waals surface area contributed by atoms with Crippen LogP contribution in [0.5, 0.6) is 5.75 Å². The summed E-state index contributed by atoms with van der Waals surface area (Å²) >= 11 is 1.48. The van der Waals surface area contributed by atoms with E-state index >= 15 is 0 Å². The first kappa shape index (κ1) is 17.4. The van der Waals surface area contributed by atoms with Gasteiger partial charge < -0.3 is 4.74 Å². The number of carbonyl (C=O) groups excluding carboxylic acids is 1. The Bertz CT molecular complexity index is 915. The van der Waals surface area contributed by atoms with Crippen LogP contribution >= 0.6 is 11.3 Å². The van der Waals surface area contributed by atoms with Gasteiger partial charge in [-0.25, -0.2) is 4.98 Å². The summed E-state index contributed by atoms with van der Waals surface area (Å²) in [7, 11) is 0. The van der Waals surface area contributed by atoms with E-state index in [9.17, 15) is 4.79 Å². The maximum absolute atomic E-state index is 12.2. The minimum Gasteiger partial charge on any atom is -0.483 e. The molecule has 0 radical (unpaired) electrons. The van der Waals surface area contributed by atoms with E-state index in [1.54, 1.807) is 0 Å². The number of aromatic nitrogens is 1. The average Bonchev–Trinajstić information content (AvgIpc) is 3.00. The van der Waals surface area contributed by atoms with Crippen molar-refractivity contribution in [3.63, 3.8) is 0 Å². The van der Waals surface area contributed by atoms with Crippen LogP contribution in [-0.4, -0.2) is 17.5 Å². The van der Waals surface area contributed by atoms with Crippen molar-refractivity contribution in [3.8, 4) is 5.75 Å². The zero-order valence-electron chi connectivity index (χ0n) is 14.9. The van der Waals surface area contributed by atoms with Crippen LogP contribution in [0.1, 0.15) is 36.5 Å². The number of hydrogen-bond donors (Lipinski definition) is 1. The molecular weight excluding hydrogens is 332 g/mol. The van der Waals surface area contributed by atoms with Crippen LogP contribution < -0.4 is 10.1 Å². The highest BCUT2D eigenvalue weighted by molar-refractivity contribution is 7.22. The summed E-state index contributed by atoms with van der Waals surface area (Å²) in [6.07, 6.45) is 0. The Labute approximate surface area is 151 Å². The van der Waals surface area contributed by atoms with Gasteiger partial charge in [0, 0.05) is 0 Å². The summed E-state index contributed by atoms with van der Waals surface area (Å²) in [6, 6.07) is 11.9. The van der Waals surface area contributed by atoms with Gasteiger partial charge in [-0.3, -0.25) is 10.1 Å². The Kier molecular flexibility index (Phi) is 5.04. The molecule has 25 heavy (non-hydrogen) atoms. The van der Waals surface area contributed by atoms with Crippen molar-refractivity contribution in [2.45, 2.75) is 33.6 Å². The van der Waals surface area contributed by atoms with Crippen molar-refractivity contribution in [1.29, 1.82) is 0 Å². The van der Waals surface area contributed by atoms with E-state index in [2.05, 4.69) is 44.1 Å². The van der Waals surface area contributed by atoms with E-state index in [1.165, 1.54) is 16.9 Å². The SMILES string of the molecule is Cc1ccc2sc(NC(=O)COc3ccccc3C(C)C)nc2c1C. The topological polar surface area (TPSA) is 51.2 Å². The van der Waals surface area contributed by atoms with Gasteiger partial charge in [-0.1, -0.05) is 49.4 Å². The number of para-hydroxylation sites is 1. The first-order chi connectivity index (χ1) is 12.0. The molecule has 0 aliphatic carbocycles. The molecule has 1 aromatic heterocycles. The highest BCUT2D eigenvalue weighted by Crippen LogP contribution is 2.30. The lowest BCUT2D eigenvalue weighted by molar-refractivity contribution is -0.118. The molecule has 2 aromatic carbocycles. The molecule has 1 amide bonds. The first-order valence-electron chi connectivity index (χ1n) is 8.34. The fourth-order valence-corrected chi connectivity index (χ4v) is 3.61. The van der Waals surface area contributed by atoms with Crippen LogP contribution in [0.15, 0.2) is 36.4 Å². The van der Waals surface area contributed by atoms with Crippen LogP contribution in [0.25, 0.3) is 10.2 Å². The number of nitrogens with zero attached hydrogens (tertiary/aromatic N) is 1. The second-order valence-corrected chi connectivity index (χ2v) is 7.43. The number of rotatable bonds is 5. The Hall–Kier alpha value is -2.40. The molecule has 0 spiro atoms. The Morgan fingerprint density at radius 1 is 1.20 bits per heavy atom. The number of nitrogens with one attached hydrogen (secondary N) is 1. The summed E-state index contributed by atoms with van der Waals surface area (Å²) in [5.41, 5.74) is 4.40. The van der Waals surface area contributed by atoms with Crippen molar-refractivity contribution in [2.75, 3.05) is 11.9 Å². The standard InChI is InChI=1S/C20H22N2O2S/c1-12(2)15-7-5-6-8-16(15)24-11-18(23)21-20-22-19-14(4)13(3)9-10-17(19)25-20/h5-10,12H,11H2,1-4H3,(H,21,22,23). The number of amides is 1. The van der Waals surface area contributed by atoms with E-state index < -0.39 is 0 Å². The summed E-state index contributed by atoms with van der Waals surface area (Å²) in [4.78, 5) is 16.8. The van der Waals surface area contributed by atoms with Crippen molar-refractivity contribution in [1.82, 2.24) is 4.98 Å². The average molecular weight is 354 g/mol. The molecule has 3 aromatic rings. The number of ether oxygens (including phenoxy) is 1. The minimum absolute atomic E-state index is 0.0301. The zero-order chi connectivity index (χ0) is 18.0. The molecule has 1 heterocycles. The number of carbonyl (C=O) groups is 1. The van der Waals surface area contributed by atoms with Crippen LogP contribution in [0.2, 0.25) is 0 Å². The molecule has 3 rings (SSSR count). The quantitative estimate of drug-likeness (QED) is 0.697. The third-order valence-corrected chi connectivity index (χ3v) is 5.17. The Morgan fingerprint density at radius 2 is 1.96 bits per heavy atom. The normalized spacial score (nSPS) is 11.1. The molecule has 0 aliphatic heterocycles. The molecule has 5 heteroatoms. The van der Waals surface area contributed by atoms with Gasteiger partial charge in [0.05, 0.1) is 10.2 Å². The molecule has 4 nitrogen and oxygen atoms in total. The Morgan fingerprint density at radius 3 is 2.72 bits per heavy atom. The second-order valence-electron chi connectivity index (χ2n) is 6.40. The lowest BCUT2D eigenvalue weighted by Gasteiger charge is -2.13. The predicted octanol–water partition coefficient (Wildman–Crippen LogP) is 5.05. The van der Waals surface area contributed by atoms with Gasteiger partial charge >= 0.3 is 0 Å². The number of aryl methyl sites for hydroxylation is 2. The molecule has 1 N–H and O–H groups in total. The van der Waals surface area contributed by atoms with E-state index in [0.29, 0.717) is 11.0 Å². The van der Waals surface area contributed by atoms with Crippen LogP contribution in [-0.2, 0) is 4.79 Å². The lowest BCUT2D eigenvalue weighted by Crippen LogP contribution is -2.20. The van der Waals surface area contributed by atoms with Crippen LogP contribution in [0.3, 0.4) is 0 Å². The molecular formula is C20H22N2O2S. The van der Waals surface area contributed by atoms with Gasteiger partial charge in [0.25, 0.3) is 5.91 Å². The highest BCUT2D eigenvalue weighted by Gasteiger charge is 2.12. The molecule has 0 unspecified atom stereocenters. The monoisotopic (exact) mass is 354 g/mol. The zero-order valence-corrected chi connectivity index (χ0v) is 15.7. The number of hydrogen-bond acceptors (Lipinski definition) is 4. The van der Waals surface area contributed by atoms with Gasteiger partial charge in [-0.05, 0) is 48.6 Å². The van der Waals surface area contributed by atoms with E-state index in [0.717, 1.165) is 27.1 Å². The number of fused-ring (bicyclic) bond motifs is 1. The fourth-order valence-electron chi connectivity index (χ4n) is 2.67. The number of benzene rings is 2. The van der Waals surface area contributed by atoms with Crippen LogP contribution in [0.4, 0.5) is 5.13 Å². The summed E-state index contributed by atoms with van der Waals surface area (Å²) in [5.74, 6) is 0.894. The molecule has 0 bridgehead atoms. The summed E-state index contributed by atoms with van der Waals surface area (Å²) < 4.78 is 6.79. The van der Waals surface area contributed by atoms with Crippen molar-refractivity contribution in [2.24, 2.45) is 0 Å². The largest absolute Gasteiger partial charge is 0.483 e. The van der Waals surface area contributed by atoms with Gasteiger partial charge in [-0.15, -0.1) is 0 Å². The second kappa shape index (κ2) is 7.23. The number of thiazole rings is 1. The van der Waals surface area contributed by atoms with Crippen LogP contribution in [0, 0.1) is 13.8 Å². The van der Waals surface area contributed by atoms with Crippen molar-refractivity contribution >= 4 is 32.6 Å². The van der Waals surface area contributed by atoms with Crippen molar-refractivity contribution < 1.29 is 9.53 Å². The third-order valence-electron chi connectivity index (χ3n) is 4.23. The number of anilines is 1. The smallest absolute Gasteiger partial charge is 0.264 e. The van der Waals surface area contributed by atoms with Gasteiger partial charge in [0.2, 0.25) is 0 Å². The molecule has 0 aliphatic rings. The van der Waals surface area contributed by atoms with Gasteiger partial charge in [0.15, 0.2) is 11.7 Å². The maximum atomic E-state index is 12.2. The molecule has 130 valence electrons. The van der Waals surface area contributed by atoms with Gasteiger partial charge in [0.1, 0.15) is 5.75 Å². The summed E-state index contributed by atoms with van der Waals surface area (Å²) in [6.45, 7) is 8.29. The Balaban J connectivity index is 1.68. The van der Waals surface area contributed by atoms with Gasteiger partial charge in [-0.2, -0.15) is 0 Å². The van der Waals surface area contributed by atoms with E-state index in [-0.39, 0.29) is 12.5 Å². The third kappa shape index (κ3) is 3.82. The minimum atomic E-state index is -0.202. The molecule has 0 saturated carbocycles. The van der Waals surface area contributed by atoms with E-state index in [1.807, 2.05) is 30.3 Å². The maximum Gasteiger partial charge on any atom is 0.264 e. The van der Waals surface area contributed by atoms with Crippen molar-refractivity contribution in [3.05, 3.63) is 53.1 Å². The first-order valence-corrected chi connectivity index (χ1v) is 9.15. The molecule has 0 fully saturated rings. The molecule has 0 saturated heterocycles. The predicted molar refractivity (Wildman–Crippen MR) is 104 cm³/mol. The van der Waals surface area contributed by atoms with E-state index in [4.69, 9.17) is 4.74 Å². The fraction of sp³-hybridized carbons (Fsp3) is 0.300. The summed E-state index contributed by atoms with van der Waals surface area (Å²) in [5, 5.41) is 3.45.